The number of aliphatic imine (C=N–C) groups is 1. The van der Waals surface area contributed by atoms with Crippen molar-refractivity contribution in [2.24, 2.45) is 4.99 Å². The number of carbonyl (C=O) groups is 1. The summed E-state index contributed by atoms with van der Waals surface area (Å²) in [7, 11) is 1.89. The van der Waals surface area contributed by atoms with E-state index in [2.05, 4.69) is 4.99 Å². The van der Waals surface area contributed by atoms with E-state index in [1.807, 2.05) is 25.8 Å². The number of carbonyl (C=O) groups excluding carboxylic acids is 1. The Balaban J connectivity index is 1.98. The maximum atomic E-state index is 12.6. The highest BCUT2D eigenvalue weighted by Crippen LogP contribution is 2.29. The predicted octanol–water partition coefficient (Wildman–Crippen LogP) is 5.68. The maximum Gasteiger partial charge on any atom is 0.416 e. The number of halogens is 4. The first kappa shape index (κ1) is 22.7. The van der Waals surface area contributed by atoms with Crippen LogP contribution in [0.2, 0.25) is 5.02 Å². The average molecular weight is 427 g/mol. The highest BCUT2D eigenvalue weighted by molar-refractivity contribution is 6.33. The molecule has 156 valence electrons. The van der Waals surface area contributed by atoms with Gasteiger partial charge in [0.1, 0.15) is 0 Å². The normalized spacial score (nSPS) is 11.7. The van der Waals surface area contributed by atoms with Crippen LogP contribution >= 0.6 is 11.6 Å². The fraction of sp³-hybridized carbons (Fsp3) is 0.333. The van der Waals surface area contributed by atoms with Crippen LogP contribution in [0.25, 0.3) is 0 Å². The van der Waals surface area contributed by atoms with Crippen LogP contribution in [-0.2, 0) is 17.3 Å². The molecule has 0 aliphatic rings. The summed E-state index contributed by atoms with van der Waals surface area (Å²) in [4.78, 5) is 18.6. The molecule has 2 aromatic rings. The van der Waals surface area contributed by atoms with Crippen LogP contribution in [0.1, 0.15) is 34.0 Å². The number of rotatable bonds is 7. The molecule has 29 heavy (non-hydrogen) atoms. The van der Waals surface area contributed by atoms with Crippen LogP contribution in [0, 0.1) is 6.92 Å². The van der Waals surface area contributed by atoms with Crippen molar-refractivity contribution in [3.63, 3.8) is 0 Å². The Labute approximate surface area is 173 Å². The maximum absolute atomic E-state index is 12.6. The lowest BCUT2D eigenvalue weighted by Crippen LogP contribution is -2.14. The van der Waals surface area contributed by atoms with Crippen molar-refractivity contribution in [1.82, 2.24) is 4.90 Å². The van der Waals surface area contributed by atoms with Crippen molar-refractivity contribution in [2.75, 3.05) is 20.2 Å². The van der Waals surface area contributed by atoms with Gasteiger partial charge in [-0.05, 0) is 49.2 Å². The summed E-state index contributed by atoms with van der Waals surface area (Å²) in [5.74, 6) is -0.591. The van der Waals surface area contributed by atoms with E-state index in [4.69, 9.17) is 16.3 Å². The van der Waals surface area contributed by atoms with E-state index < -0.39 is 17.7 Å². The summed E-state index contributed by atoms with van der Waals surface area (Å²) < 4.78 is 43.0. The third-order valence-electron chi connectivity index (χ3n) is 4.30. The number of aryl methyl sites for hydroxylation is 1. The summed E-state index contributed by atoms with van der Waals surface area (Å²) in [5, 5.41) is 0.224. The lowest BCUT2D eigenvalue weighted by molar-refractivity contribution is -0.137. The zero-order valence-corrected chi connectivity index (χ0v) is 17.1. The van der Waals surface area contributed by atoms with E-state index in [0.717, 1.165) is 24.2 Å². The van der Waals surface area contributed by atoms with Gasteiger partial charge in [0.2, 0.25) is 0 Å². The molecule has 0 atom stereocenters. The van der Waals surface area contributed by atoms with Gasteiger partial charge >= 0.3 is 12.1 Å². The number of esters is 1. The Bertz CT molecular complexity index is 881. The first-order chi connectivity index (χ1) is 13.6. The summed E-state index contributed by atoms with van der Waals surface area (Å²) in [6, 6.07) is 7.96. The molecule has 0 unspecified atom stereocenters. The molecule has 0 bridgehead atoms. The molecule has 0 radical (unpaired) electrons. The van der Waals surface area contributed by atoms with E-state index in [1.165, 1.54) is 12.1 Å². The molecular formula is C21H22ClF3N2O2. The second-order valence-electron chi connectivity index (χ2n) is 6.52. The lowest BCUT2D eigenvalue weighted by atomic mass is 10.1. The molecule has 0 N–H and O–H groups in total. The smallest absolute Gasteiger partial charge is 0.416 e. The van der Waals surface area contributed by atoms with Gasteiger partial charge in [0.05, 0.1) is 34.8 Å². The second-order valence-corrected chi connectivity index (χ2v) is 6.92. The van der Waals surface area contributed by atoms with Crippen molar-refractivity contribution in [3.05, 3.63) is 63.7 Å². The molecule has 4 nitrogen and oxygen atoms in total. The number of benzene rings is 2. The van der Waals surface area contributed by atoms with Crippen molar-refractivity contribution in [3.8, 4) is 0 Å². The molecule has 0 spiro atoms. The first-order valence-electron chi connectivity index (χ1n) is 8.99. The Morgan fingerprint density at radius 1 is 1.24 bits per heavy atom. The van der Waals surface area contributed by atoms with E-state index in [1.54, 1.807) is 18.5 Å². The van der Waals surface area contributed by atoms with Gasteiger partial charge in [-0.3, -0.25) is 0 Å². The van der Waals surface area contributed by atoms with Gasteiger partial charge in [0.15, 0.2) is 0 Å². The quantitative estimate of drug-likeness (QED) is 0.325. The molecular weight excluding hydrogens is 405 g/mol. The van der Waals surface area contributed by atoms with Crippen LogP contribution in [0.3, 0.4) is 0 Å². The second kappa shape index (κ2) is 9.78. The molecule has 0 amide bonds. The van der Waals surface area contributed by atoms with Crippen molar-refractivity contribution in [1.29, 1.82) is 0 Å². The summed E-state index contributed by atoms with van der Waals surface area (Å²) >= 11 is 6.21. The molecule has 0 fully saturated rings. The summed E-state index contributed by atoms with van der Waals surface area (Å²) in [5.41, 5.74) is 1.56. The molecule has 8 heteroatoms. The summed E-state index contributed by atoms with van der Waals surface area (Å²) in [6.45, 7) is 4.64. The van der Waals surface area contributed by atoms with Gasteiger partial charge in [-0.15, -0.1) is 0 Å². The summed E-state index contributed by atoms with van der Waals surface area (Å²) in [6.07, 6.45) is -2.39. The minimum Gasteiger partial charge on any atom is -0.462 e. The molecule has 0 aromatic heterocycles. The van der Waals surface area contributed by atoms with Gasteiger partial charge in [-0.1, -0.05) is 23.7 Å². The standard InChI is InChI=1S/C21H22ClF3N2O2/c1-4-27(3)13-26-19-12-18(22)17(11-14(19)2)20(28)29-10-9-15-5-7-16(8-6-15)21(23,24)25/h5-8,11-13H,4,9-10H2,1-3H3/b26-13+. The SMILES string of the molecule is CCN(C)/C=N/c1cc(Cl)c(C(=O)OCCc2ccc(C(F)(F)F)cc2)cc1C. The molecule has 0 heterocycles. The number of hydrogen-bond donors (Lipinski definition) is 0. The van der Waals surface area contributed by atoms with Gasteiger partial charge < -0.3 is 9.64 Å². The Hall–Kier alpha value is -2.54. The molecule has 2 aromatic carbocycles. The molecule has 2 rings (SSSR count). The van der Waals surface area contributed by atoms with Crippen LogP contribution in [0.5, 0.6) is 0 Å². The van der Waals surface area contributed by atoms with Crippen LogP contribution < -0.4 is 0 Å². The van der Waals surface area contributed by atoms with E-state index in [-0.39, 0.29) is 17.2 Å². The van der Waals surface area contributed by atoms with E-state index in [9.17, 15) is 18.0 Å². The highest BCUT2D eigenvalue weighted by atomic mass is 35.5. The highest BCUT2D eigenvalue weighted by Gasteiger charge is 2.29. The predicted molar refractivity (Wildman–Crippen MR) is 108 cm³/mol. The minimum absolute atomic E-state index is 0.0285. The Morgan fingerprint density at radius 2 is 1.90 bits per heavy atom. The van der Waals surface area contributed by atoms with Crippen molar-refractivity contribution in [2.45, 2.75) is 26.4 Å². The van der Waals surface area contributed by atoms with E-state index in [0.29, 0.717) is 17.7 Å². The number of alkyl halides is 3. The molecule has 0 aliphatic carbocycles. The van der Waals surface area contributed by atoms with Gasteiger partial charge in [0, 0.05) is 20.0 Å². The Morgan fingerprint density at radius 3 is 2.48 bits per heavy atom. The van der Waals surface area contributed by atoms with Crippen LogP contribution in [0.15, 0.2) is 41.4 Å². The van der Waals surface area contributed by atoms with Crippen molar-refractivity contribution < 1.29 is 22.7 Å². The fourth-order valence-corrected chi connectivity index (χ4v) is 2.64. The average Bonchev–Trinajstić information content (AvgIpc) is 2.67. The lowest BCUT2D eigenvalue weighted by Gasteiger charge is -2.11. The number of ether oxygens (including phenoxy) is 1. The fourth-order valence-electron chi connectivity index (χ4n) is 2.41. The number of hydrogen-bond acceptors (Lipinski definition) is 3. The minimum atomic E-state index is -4.37. The molecule has 0 aliphatic heterocycles. The van der Waals surface area contributed by atoms with Crippen LogP contribution in [0.4, 0.5) is 18.9 Å². The number of nitrogens with zero attached hydrogens (tertiary/aromatic N) is 2. The van der Waals surface area contributed by atoms with Crippen molar-refractivity contribution >= 4 is 29.6 Å². The van der Waals surface area contributed by atoms with Gasteiger partial charge in [0.25, 0.3) is 0 Å². The zero-order chi connectivity index (χ0) is 21.6. The molecule has 0 saturated heterocycles. The largest absolute Gasteiger partial charge is 0.462 e. The monoisotopic (exact) mass is 426 g/mol. The van der Waals surface area contributed by atoms with E-state index >= 15 is 0 Å². The van der Waals surface area contributed by atoms with Gasteiger partial charge in [-0.2, -0.15) is 13.2 Å². The first-order valence-corrected chi connectivity index (χ1v) is 9.37. The third kappa shape index (κ3) is 6.49. The third-order valence-corrected chi connectivity index (χ3v) is 4.62. The van der Waals surface area contributed by atoms with Gasteiger partial charge in [-0.25, -0.2) is 9.79 Å². The zero-order valence-electron chi connectivity index (χ0n) is 16.4. The topological polar surface area (TPSA) is 41.9 Å². The Kier molecular flexibility index (Phi) is 7.67. The molecule has 0 saturated carbocycles. The van der Waals surface area contributed by atoms with Crippen LogP contribution in [-0.4, -0.2) is 37.4 Å².